The van der Waals surface area contributed by atoms with Crippen LogP contribution in [0.15, 0.2) is 0 Å². The molecule has 1 aromatic rings. The molecule has 0 aromatic carbocycles. The van der Waals surface area contributed by atoms with E-state index in [-0.39, 0.29) is 0 Å². The van der Waals surface area contributed by atoms with E-state index in [9.17, 15) is 0 Å². The van der Waals surface area contributed by atoms with Crippen molar-refractivity contribution in [2.45, 2.75) is 45.7 Å². The molecule has 0 radical (unpaired) electrons. The Morgan fingerprint density at radius 3 is 2.75 bits per heavy atom. The molecule has 0 bridgehead atoms. The van der Waals surface area contributed by atoms with Gasteiger partial charge >= 0.3 is 0 Å². The Labute approximate surface area is 102 Å². The Balaban J connectivity index is 2.02. The Morgan fingerprint density at radius 1 is 1.38 bits per heavy atom. The van der Waals surface area contributed by atoms with Gasteiger partial charge in [0.25, 0.3) is 0 Å². The minimum absolute atomic E-state index is 0.646. The summed E-state index contributed by atoms with van der Waals surface area (Å²) in [7, 11) is 0. The number of aryl methyl sites for hydroxylation is 1. The second-order valence-electron chi connectivity index (χ2n) is 4.41. The van der Waals surface area contributed by atoms with E-state index in [2.05, 4.69) is 11.8 Å². The first-order valence-corrected chi connectivity index (χ1v) is 7.05. The fourth-order valence-electron chi connectivity index (χ4n) is 2.23. The van der Waals surface area contributed by atoms with E-state index in [1.54, 1.807) is 0 Å². The zero-order valence-corrected chi connectivity index (χ0v) is 10.9. The van der Waals surface area contributed by atoms with Crippen molar-refractivity contribution in [2.75, 3.05) is 13.1 Å². The maximum Gasteiger partial charge on any atom is 0.107 e. The van der Waals surface area contributed by atoms with Gasteiger partial charge in [-0.3, -0.25) is 4.90 Å². The average molecular weight is 239 g/mol. The first-order chi connectivity index (χ1) is 7.83. The van der Waals surface area contributed by atoms with E-state index in [1.807, 2.05) is 11.3 Å². The molecule has 1 aliphatic heterocycles. The largest absolute Gasteiger partial charge is 0.326 e. The minimum Gasteiger partial charge on any atom is -0.326 e. The third-order valence-electron chi connectivity index (χ3n) is 3.05. The van der Waals surface area contributed by atoms with Crippen molar-refractivity contribution >= 4 is 11.3 Å². The number of thiazole rings is 1. The van der Waals surface area contributed by atoms with Crippen LogP contribution >= 0.6 is 11.3 Å². The lowest BCUT2D eigenvalue weighted by atomic mass is 10.2. The molecule has 4 heteroatoms. The Bertz CT molecular complexity index is 329. The van der Waals surface area contributed by atoms with E-state index in [0.717, 1.165) is 19.4 Å². The summed E-state index contributed by atoms with van der Waals surface area (Å²) in [6.45, 7) is 6.34. The van der Waals surface area contributed by atoms with Gasteiger partial charge in [0.2, 0.25) is 0 Å². The number of aromatic nitrogens is 1. The normalized spacial score (nSPS) is 17.1. The highest BCUT2D eigenvalue weighted by atomic mass is 32.1. The fraction of sp³-hybridized carbons (Fsp3) is 0.750. The van der Waals surface area contributed by atoms with Gasteiger partial charge in [-0.2, -0.15) is 0 Å². The molecule has 16 heavy (non-hydrogen) atoms. The number of nitrogens with zero attached hydrogens (tertiary/aromatic N) is 2. The molecule has 1 saturated heterocycles. The van der Waals surface area contributed by atoms with E-state index >= 15 is 0 Å². The summed E-state index contributed by atoms with van der Waals surface area (Å²) in [5, 5.41) is 1.26. The lowest BCUT2D eigenvalue weighted by molar-refractivity contribution is 0.330. The van der Waals surface area contributed by atoms with Crippen molar-refractivity contribution in [2.24, 2.45) is 5.73 Å². The van der Waals surface area contributed by atoms with Gasteiger partial charge in [-0.15, -0.1) is 11.3 Å². The summed E-state index contributed by atoms with van der Waals surface area (Å²) in [4.78, 5) is 8.51. The highest BCUT2D eigenvalue weighted by Gasteiger charge is 2.15. The van der Waals surface area contributed by atoms with Crippen LogP contribution in [-0.2, 0) is 19.5 Å². The lowest BCUT2D eigenvalue weighted by Crippen LogP contribution is -2.18. The van der Waals surface area contributed by atoms with Gasteiger partial charge in [0, 0.05) is 11.4 Å². The van der Waals surface area contributed by atoms with Crippen LogP contribution in [0.3, 0.4) is 0 Å². The van der Waals surface area contributed by atoms with Crippen LogP contribution < -0.4 is 5.73 Å². The zero-order valence-electron chi connectivity index (χ0n) is 10.0. The SMILES string of the molecule is CCCc1nc(CN2CCCC2)sc1CN. The number of likely N-dealkylation sites (tertiary alicyclic amines) is 1. The van der Waals surface area contributed by atoms with Gasteiger partial charge in [-0.1, -0.05) is 13.3 Å². The number of nitrogens with two attached hydrogens (primary N) is 1. The van der Waals surface area contributed by atoms with Crippen LogP contribution in [0.25, 0.3) is 0 Å². The van der Waals surface area contributed by atoms with E-state index in [4.69, 9.17) is 10.7 Å². The summed E-state index contributed by atoms with van der Waals surface area (Å²) in [5.41, 5.74) is 7.00. The molecule has 0 amide bonds. The monoisotopic (exact) mass is 239 g/mol. The number of hydrogen-bond acceptors (Lipinski definition) is 4. The molecule has 1 fully saturated rings. The van der Waals surface area contributed by atoms with Gasteiger partial charge in [-0.05, 0) is 32.4 Å². The molecule has 1 aromatic heterocycles. The molecule has 2 N–H and O–H groups in total. The quantitative estimate of drug-likeness (QED) is 0.856. The summed E-state index contributed by atoms with van der Waals surface area (Å²) >= 11 is 1.81. The molecule has 0 atom stereocenters. The van der Waals surface area contributed by atoms with Crippen molar-refractivity contribution in [3.63, 3.8) is 0 Å². The van der Waals surface area contributed by atoms with Crippen molar-refractivity contribution in [3.8, 4) is 0 Å². The maximum atomic E-state index is 5.76. The highest BCUT2D eigenvalue weighted by molar-refractivity contribution is 7.11. The van der Waals surface area contributed by atoms with E-state index in [0.29, 0.717) is 6.54 Å². The summed E-state index contributed by atoms with van der Waals surface area (Å²) in [6.07, 6.45) is 4.91. The number of hydrogen-bond donors (Lipinski definition) is 1. The summed E-state index contributed by atoms with van der Waals surface area (Å²) < 4.78 is 0. The Morgan fingerprint density at radius 2 is 2.12 bits per heavy atom. The van der Waals surface area contributed by atoms with Crippen LogP contribution in [0.5, 0.6) is 0 Å². The van der Waals surface area contributed by atoms with E-state index < -0.39 is 0 Å². The van der Waals surface area contributed by atoms with Gasteiger partial charge in [0.1, 0.15) is 5.01 Å². The first kappa shape index (κ1) is 12.0. The lowest BCUT2D eigenvalue weighted by Gasteiger charge is -2.11. The molecule has 3 nitrogen and oxygen atoms in total. The Kier molecular flexibility index (Phi) is 4.32. The Hall–Kier alpha value is -0.450. The van der Waals surface area contributed by atoms with Crippen LogP contribution in [0.4, 0.5) is 0 Å². The molecule has 2 rings (SSSR count). The smallest absolute Gasteiger partial charge is 0.107 e. The van der Waals surface area contributed by atoms with Crippen LogP contribution in [0.1, 0.15) is 41.8 Å². The van der Waals surface area contributed by atoms with Crippen LogP contribution in [0.2, 0.25) is 0 Å². The third-order valence-corrected chi connectivity index (χ3v) is 4.16. The average Bonchev–Trinajstić information content (AvgIpc) is 2.89. The molecule has 0 spiro atoms. The number of rotatable bonds is 5. The third kappa shape index (κ3) is 2.81. The van der Waals surface area contributed by atoms with Gasteiger partial charge in [-0.25, -0.2) is 4.98 Å². The van der Waals surface area contributed by atoms with Gasteiger partial charge in [0.05, 0.1) is 12.2 Å². The predicted octanol–water partition coefficient (Wildman–Crippen LogP) is 2.15. The van der Waals surface area contributed by atoms with E-state index in [1.165, 1.54) is 41.5 Å². The standard InChI is InChI=1S/C12H21N3S/c1-2-5-10-11(8-13)16-12(14-10)9-15-6-3-4-7-15/h2-9,13H2,1H3. The molecule has 0 saturated carbocycles. The van der Waals surface area contributed by atoms with Crippen molar-refractivity contribution < 1.29 is 0 Å². The predicted molar refractivity (Wildman–Crippen MR) is 68.5 cm³/mol. The molecular weight excluding hydrogens is 218 g/mol. The molecular formula is C12H21N3S. The van der Waals surface area contributed by atoms with Crippen molar-refractivity contribution in [1.82, 2.24) is 9.88 Å². The maximum absolute atomic E-state index is 5.76. The van der Waals surface area contributed by atoms with Crippen molar-refractivity contribution in [1.29, 1.82) is 0 Å². The zero-order chi connectivity index (χ0) is 11.4. The summed E-state index contributed by atoms with van der Waals surface area (Å²) in [5.74, 6) is 0. The van der Waals surface area contributed by atoms with Crippen LogP contribution in [0, 0.1) is 0 Å². The highest BCUT2D eigenvalue weighted by Crippen LogP contribution is 2.22. The molecule has 1 aliphatic rings. The van der Waals surface area contributed by atoms with Crippen molar-refractivity contribution in [3.05, 3.63) is 15.6 Å². The second-order valence-corrected chi connectivity index (χ2v) is 5.58. The second kappa shape index (κ2) is 5.75. The van der Waals surface area contributed by atoms with Gasteiger partial charge in [0.15, 0.2) is 0 Å². The first-order valence-electron chi connectivity index (χ1n) is 6.23. The molecule has 2 heterocycles. The topological polar surface area (TPSA) is 42.2 Å². The molecule has 0 aliphatic carbocycles. The van der Waals surface area contributed by atoms with Gasteiger partial charge < -0.3 is 5.73 Å². The minimum atomic E-state index is 0.646. The molecule has 0 unspecified atom stereocenters. The van der Waals surface area contributed by atoms with Crippen LogP contribution in [-0.4, -0.2) is 23.0 Å². The molecule has 90 valence electrons. The summed E-state index contributed by atoms with van der Waals surface area (Å²) in [6, 6.07) is 0. The fourth-order valence-corrected chi connectivity index (χ4v) is 3.26.